The van der Waals surface area contributed by atoms with E-state index in [-0.39, 0.29) is 42.1 Å². The van der Waals surface area contributed by atoms with Gasteiger partial charge in [0.2, 0.25) is 5.91 Å². The van der Waals surface area contributed by atoms with Crippen molar-refractivity contribution in [3.05, 3.63) is 53.9 Å². The summed E-state index contributed by atoms with van der Waals surface area (Å²) in [5.41, 5.74) is 1.76. The van der Waals surface area contributed by atoms with E-state index in [0.29, 0.717) is 18.7 Å². The summed E-state index contributed by atoms with van der Waals surface area (Å²) >= 11 is 0. The maximum absolute atomic E-state index is 13.5. The first-order chi connectivity index (χ1) is 14.1. The number of benzene rings is 1. The molecule has 2 saturated heterocycles. The molecule has 4 rings (SSSR count). The first-order valence-corrected chi connectivity index (χ1v) is 10.5. The highest BCUT2D eigenvalue weighted by Crippen LogP contribution is 2.31. The van der Waals surface area contributed by atoms with Crippen LogP contribution in [-0.2, 0) is 11.8 Å². The summed E-state index contributed by atoms with van der Waals surface area (Å²) in [5, 5.41) is 10.7. The molecular weight excluding hydrogens is 402 g/mol. The number of aromatic nitrogens is 2. The number of rotatable bonds is 5. The summed E-state index contributed by atoms with van der Waals surface area (Å²) in [5.74, 6) is 0.184. The number of carbonyl (C=O) groups excluding carboxylic acids is 2. The zero-order chi connectivity index (χ0) is 20.2. The summed E-state index contributed by atoms with van der Waals surface area (Å²) in [6.45, 7) is 2.75. The lowest BCUT2D eigenvalue weighted by Crippen LogP contribution is -2.52. The lowest BCUT2D eigenvalue weighted by molar-refractivity contribution is -0.139. The molecule has 1 aromatic heterocycles. The molecule has 7 nitrogen and oxygen atoms in total. The molecule has 3 heterocycles. The smallest absolute Gasteiger partial charge is 0.251 e. The summed E-state index contributed by atoms with van der Waals surface area (Å²) in [6, 6.07) is 9.28. The zero-order valence-electron chi connectivity index (χ0n) is 17.3. The molecule has 0 radical (unpaired) electrons. The van der Waals surface area contributed by atoms with Crippen LogP contribution in [0.1, 0.15) is 41.1 Å². The van der Waals surface area contributed by atoms with Gasteiger partial charge in [0, 0.05) is 56.9 Å². The number of hydrogen-bond acceptors (Lipinski definition) is 4. The first kappa shape index (κ1) is 22.3. The molecule has 2 aromatic rings. The van der Waals surface area contributed by atoms with Gasteiger partial charge in [-0.2, -0.15) is 5.10 Å². The van der Waals surface area contributed by atoms with Crippen molar-refractivity contribution >= 4 is 24.2 Å². The van der Waals surface area contributed by atoms with Crippen LogP contribution in [0.25, 0.3) is 0 Å². The first-order valence-electron chi connectivity index (χ1n) is 10.5. The average Bonchev–Trinajstić information content (AvgIpc) is 3.41. The van der Waals surface area contributed by atoms with Crippen molar-refractivity contribution in [2.75, 3.05) is 26.2 Å². The molecular formula is C22H30ClN5O2. The van der Waals surface area contributed by atoms with Crippen LogP contribution in [0, 0.1) is 5.92 Å². The normalized spacial score (nSPS) is 23.6. The van der Waals surface area contributed by atoms with Crippen LogP contribution in [0.15, 0.2) is 42.7 Å². The van der Waals surface area contributed by atoms with Crippen LogP contribution >= 0.6 is 12.4 Å². The highest BCUT2D eigenvalue weighted by atomic mass is 35.5. The molecule has 0 saturated carbocycles. The van der Waals surface area contributed by atoms with E-state index < -0.39 is 0 Å². The minimum Gasteiger partial charge on any atom is -0.350 e. The van der Waals surface area contributed by atoms with Gasteiger partial charge < -0.3 is 15.5 Å². The van der Waals surface area contributed by atoms with E-state index in [1.807, 2.05) is 54.7 Å². The molecule has 3 atom stereocenters. The molecule has 1 aromatic carbocycles. The predicted molar refractivity (Wildman–Crippen MR) is 118 cm³/mol. The standard InChI is InChI=1S/C22H29N5O2.ClH/c1-26-15-17(11-25-26)19-13-23-14-20(19)22(29)27-10-6-5-9-18(27)12-24-21(28)16-7-3-2-4-8-16;/h2-4,7-8,11,15,18-20,23H,5-6,9-10,12-14H2,1H3,(H,24,28);1H/t18?,19-,20+;/m1./s1. The monoisotopic (exact) mass is 431 g/mol. The van der Waals surface area contributed by atoms with E-state index >= 15 is 0 Å². The van der Waals surface area contributed by atoms with Gasteiger partial charge in [-0.3, -0.25) is 14.3 Å². The minimum absolute atomic E-state index is 0. The van der Waals surface area contributed by atoms with E-state index in [1.165, 1.54) is 0 Å². The number of aryl methyl sites for hydroxylation is 1. The number of carbonyl (C=O) groups is 2. The van der Waals surface area contributed by atoms with Crippen LogP contribution < -0.4 is 10.6 Å². The van der Waals surface area contributed by atoms with Crippen LogP contribution in [-0.4, -0.2) is 58.7 Å². The molecule has 30 heavy (non-hydrogen) atoms. The molecule has 1 unspecified atom stereocenters. The average molecular weight is 432 g/mol. The fourth-order valence-electron chi connectivity index (χ4n) is 4.54. The van der Waals surface area contributed by atoms with Crippen LogP contribution in [0.3, 0.4) is 0 Å². The Morgan fingerprint density at radius 1 is 1.20 bits per heavy atom. The van der Waals surface area contributed by atoms with Crippen molar-refractivity contribution in [3.63, 3.8) is 0 Å². The molecule has 2 aliphatic rings. The maximum Gasteiger partial charge on any atom is 0.251 e. The topological polar surface area (TPSA) is 79.3 Å². The van der Waals surface area contributed by atoms with E-state index in [9.17, 15) is 9.59 Å². The molecule has 2 N–H and O–H groups in total. The number of amides is 2. The summed E-state index contributed by atoms with van der Waals surface area (Å²) in [6.07, 6.45) is 6.91. The Labute approximate surface area is 183 Å². The van der Waals surface area contributed by atoms with Crippen molar-refractivity contribution in [3.8, 4) is 0 Å². The summed E-state index contributed by atoms with van der Waals surface area (Å²) < 4.78 is 1.79. The second-order valence-electron chi connectivity index (χ2n) is 8.08. The number of likely N-dealkylation sites (tertiary alicyclic amines) is 1. The number of hydrogen-bond donors (Lipinski definition) is 2. The van der Waals surface area contributed by atoms with Crippen LogP contribution in [0.5, 0.6) is 0 Å². The van der Waals surface area contributed by atoms with Gasteiger partial charge >= 0.3 is 0 Å². The van der Waals surface area contributed by atoms with E-state index in [1.54, 1.807) is 4.68 Å². The summed E-state index contributed by atoms with van der Waals surface area (Å²) in [4.78, 5) is 27.9. The van der Waals surface area contributed by atoms with Gasteiger partial charge in [-0.1, -0.05) is 18.2 Å². The Kier molecular flexibility index (Phi) is 7.50. The third-order valence-electron chi connectivity index (χ3n) is 6.13. The lowest BCUT2D eigenvalue weighted by Gasteiger charge is -2.38. The highest BCUT2D eigenvalue weighted by Gasteiger charge is 2.39. The maximum atomic E-state index is 13.5. The number of piperidine rings is 1. The second-order valence-corrected chi connectivity index (χ2v) is 8.08. The largest absolute Gasteiger partial charge is 0.350 e. The van der Waals surface area contributed by atoms with Gasteiger partial charge in [0.1, 0.15) is 0 Å². The highest BCUT2D eigenvalue weighted by molar-refractivity contribution is 5.94. The van der Waals surface area contributed by atoms with E-state index in [4.69, 9.17) is 0 Å². The van der Waals surface area contributed by atoms with Crippen molar-refractivity contribution in [1.29, 1.82) is 0 Å². The predicted octanol–water partition coefficient (Wildman–Crippen LogP) is 1.96. The number of halogens is 1. The Morgan fingerprint density at radius 2 is 2.00 bits per heavy atom. The number of nitrogens with zero attached hydrogens (tertiary/aromatic N) is 3. The van der Waals surface area contributed by atoms with Gasteiger partial charge in [0.25, 0.3) is 5.91 Å². The molecule has 0 aliphatic carbocycles. The zero-order valence-corrected chi connectivity index (χ0v) is 18.1. The molecule has 162 valence electrons. The molecule has 0 bridgehead atoms. The van der Waals surface area contributed by atoms with Crippen LogP contribution in [0.2, 0.25) is 0 Å². The van der Waals surface area contributed by atoms with Crippen molar-refractivity contribution in [2.24, 2.45) is 13.0 Å². The van der Waals surface area contributed by atoms with Crippen LogP contribution in [0.4, 0.5) is 0 Å². The van der Waals surface area contributed by atoms with Gasteiger partial charge in [-0.05, 0) is 37.0 Å². The third-order valence-corrected chi connectivity index (χ3v) is 6.13. The van der Waals surface area contributed by atoms with Crippen molar-refractivity contribution in [2.45, 2.75) is 31.2 Å². The molecule has 2 aliphatic heterocycles. The Bertz CT molecular complexity index is 856. The Morgan fingerprint density at radius 3 is 2.73 bits per heavy atom. The molecule has 2 fully saturated rings. The van der Waals surface area contributed by atoms with Gasteiger partial charge in [-0.25, -0.2) is 0 Å². The minimum atomic E-state index is -0.0839. The Hall–Kier alpha value is -2.38. The van der Waals surface area contributed by atoms with Crippen molar-refractivity contribution in [1.82, 2.24) is 25.3 Å². The van der Waals surface area contributed by atoms with Gasteiger partial charge in [0.15, 0.2) is 0 Å². The number of nitrogens with one attached hydrogen (secondary N) is 2. The Balaban J connectivity index is 0.00000256. The van der Waals surface area contributed by atoms with E-state index in [0.717, 1.165) is 37.9 Å². The van der Waals surface area contributed by atoms with E-state index in [2.05, 4.69) is 15.7 Å². The molecule has 8 heteroatoms. The quantitative estimate of drug-likeness (QED) is 0.758. The SMILES string of the molecule is Cl.Cn1cc([C@H]2CNC[C@@H]2C(=O)N2CCCCC2CNC(=O)c2ccccc2)cn1. The summed E-state index contributed by atoms with van der Waals surface area (Å²) in [7, 11) is 1.90. The van der Waals surface area contributed by atoms with Crippen molar-refractivity contribution < 1.29 is 9.59 Å². The molecule has 0 spiro atoms. The fourth-order valence-corrected chi connectivity index (χ4v) is 4.54. The third kappa shape index (κ3) is 4.84. The van der Waals surface area contributed by atoms with Gasteiger partial charge in [-0.15, -0.1) is 12.4 Å². The van der Waals surface area contributed by atoms with Gasteiger partial charge in [0.05, 0.1) is 12.1 Å². The lowest BCUT2D eigenvalue weighted by atomic mass is 9.88. The molecule has 2 amide bonds. The second kappa shape index (κ2) is 10.1. The fraction of sp³-hybridized carbons (Fsp3) is 0.500.